The van der Waals surface area contributed by atoms with Gasteiger partial charge < -0.3 is 4.74 Å². The average Bonchev–Trinajstić information content (AvgIpc) is 2.23. The first kappa shape index (κ1) is 12.7. The van der Waals surface area contributed by atoms with E-state index in [1.54, 1.807) is 24.9 Å². The van der Waals surface area contributed by atoms with Gasteiger partial charge in [0.2, 0.25) is 0 Å². The first-order valence-electron chi connectivity index (χ1n) is 4.91. The molecule has 0 aliphatic rings. The van der Waals surface area contributed by atoms with Crippen LogP contribution in [-0.4, -0.2) is 29.4 Å². The van der Waals surface area contributed by atoms with Gasteiger partial charge in [0.1, 0.15) is 16.0 Å². The zero-order valence-corrected chi connectivity index (χ0v) is 10.6. The standard InChI is InChI=1S/C10H15ClN2OS/c1-3-9-12-8(11)7-10(13-9)15-6-4-5-14-2/h7H,3-6H2,1-2H3. The van der Waals surface area contributed by atoms with Crippen LogP contribution in [0.25, 0.3) is 0 Å². The zero-order valence-electron chi connectivity index (χ0n) is 8.99. The van der Waals surface area contributed by atoms with Gasteiger partial charge in [0.05, 0.1) is 0 Å². The lowest BCUT2D eigenvalue weighted by Crippen LogP contribution is -1.96. The van der Waals surface area contributed by atoms with E-state index in [9.17, 15) is 0 Å². The number of aryl methyl sites for hydroxylation is 1. The molecule has 84 valence electrons. The SMILES string of the molecule is CCc1nc(Cl)cc(SCCCOC)n1. The Morgan fingerprint density at radius 1 is 1.47 bits per heavy atom. The molecule has 0 spiro atoms. The number of rotatable bonds is 6. The van der Waals surface area contributed by atoms with Crippen LogP contribution in [0.5, 0.6) is 0 Å². The molecule has 5 heteroatoms. The van der Waals surface area contributed by atoms with Crippen molar-refractivity contribution < 1.29 is 4.74 Å². The summed E-state index contributed by atoms with van der Waals surface area (Å²) in [6, 6.07) is 1.80. The second-order valence-electron chi connectivity index (χ2n) is 2.99. The predicted molar refractivity (Wildman–Crippen MR) is 63.6 cm³/mol. The molecule has 3 nitrogen and oxygen atoms in total. The largest absolute Gasteiger partial charge is 0.385 e. The van der Waals surface area contributed by atoms with Gasteiger partial charge in [0.25, 0.3) is 0 Å². The fourth-order valence-corrected chi connectivity index (χ4v) is 2.16. The predicted octanol–water partition coefficient (Wildman–Crippen LogP) is 2.82. The smallest absolute Gasteiger partial charge is 0.133 e. The Kier molecular flexibility index (Phi) is 5.98. The van der Waals surface area contributed by atoms with Crippen molar-refractivity contribution in [2.45, 2.75) is 24.8 Å². The highest BCUT2D eigenvalue weighted by atomic mass is 35.5. The molecule has 1 heterocycles. The molecule has 0 amide bonds. The first-order chi connectivity index (χ1) is 7.26. The summed E-state index contributed by atoms with van der Waals surface area (Å²) < 4.78 is 4.98. The first-order valence-corrected chi connectivity index (χ1v) is 6.27. The molecule has 0 bridgehead atoms. The fourth-order valence-electron chi connectivity index (χ4n) is 1.05. The molecule has 0 saturated heterocycles. The van der Waals surface area contributed by atoms with E-state index in [1.807, 2.05) is 6.92 Å². The van der Waals surface area contributed by atoms with E-state index in [-0.39, 0.29) is 0 Å². The summed E-state index contributed by atoms with van der Waals surface area (Å²) >= 11 is 7.57. The summed E-state index contributed by atoms with van der Waals surface area (Å²) in [7, 11) is 1.71. The van der Waals surface area contributed by atoms with Crippen LogP contribution in [0.3, 0.4) is 0 Å². The maximum atomic E-state index is 5.88. The van der Waals surface area contributed by atoms with Gasteiger partial charge in [-0.05, 0) is 6.42 Å². The normalized spacial score (nSPS) is 10.6. The van der Waals surface area contributed by atoms with Crippen LogP contribution in [0.4, 0.5) is 0 Å². The maximum Gasteiger partial charge on any atom is 0.133 e. The van der Waals surface area contributed by atoms with Gasteiger partial charge in [-0.25, -0.2) is 9.97 Å². The minimum absolute atomic E-state index is 0.524. The number of thioether (sulfide) groups is 1. The lowest BCUT2D eigenvalue weighted by atomic mass is 10.4. The van der Waals surface area contributed by atoms with Gasteiger partial charge in [0, 0.05) is 32.0 Å². The maximum absolute atomic E-state index is 5.88. The third-order valence-corrected chi connectivity index (χ3v) is 2.97. The van der Waals surface area contributed by atoms with Crippen molar-refractivity contribution in [3.63, 3.8) is 0 Å². The van der Waals surface area contributed by atoms with Crippen molar-refractivity contribution in [3.8, 4) is 0 Å². The van der Waals surface area contributed by atoms with Crippen LogP contribution in [0.2, 0.25) is 5.15 Å². The highest BCUT2D eigenvalue weighted by Gasteiger charge is 2.02. The number of aromatic nitrogens is 2. The Hall–Kier alpha value is -0.320. The van der Waals surface area contributed by atoms with Gasteiger partial charge in [-0.1, -0.05) is 18.5 Å². The summed E-state index contributed by atoms with van der Waals surface area (Å²) in [5.74, 6) is 1.79. The van der Waals surface area contributed by atoms with E-state index in [0.717, 1.165) is 36.1 Å². The molecular weight excluding hydrogens is 232 g/mol. The van der Waals surface area contributed by atoms with Crippen LogP contribution in [0.15, 0.2) is 11.1 Å². The highest BCUT2D eigenvalue weighted by molar-refractivity contribution is 7.99. The van der Waals surface area contributed by atoms with E-state index in [2.05, 4.69) is 9.97 Å². The molecule has 0 aliphatic carbocycles. The molecule has 0 aliphatic heterocycles. The van der Waals surface area contributed by atoms with Crippen LogP contribution in [0.1, 0.15) is 19.2 Å². The summed E-state index contributed by atoms with van der Waals surface area (Å²) in [5, 5.41) is 1.47. The molecule has 0 atom stereocenters. The summed E-state index contributed by atoms with van der Waals surface area (Å²) in [4.78, 5) is 8.49. The van der Waals surface area contributed by atoms with Crippen LogP contribution >= 0.6 is 23.4 Å². The number of methoxy groups -OCH3 is 1. The van der Waals surface area contributed by atoms with Crippen LogP contribution in [-0.2, 0) is 11.2 Å². The van der Waals surface area contributed by atoms with E-state index in [1.165, 1.54) is 0 Å². The van der Waals surface area contributed by atoms with E-state index in [4.69, 9.17) is 16.3 Å². The number of nitrogens with zero attached hydrogens (tertiary/aromatic N) is 2. The minimum atomic E-state index is 0.524. The molecule has 0 N–H and O–H groups in total. The third-order valence-electron chi connectivity index (χ3n) is 1.78. The molecule has 0 radical (unpaired) electrons. The molecular formula is C10H15ClN2OS. The van der Waals surface area contributed by atoms with E-state index >= 15 is 0 Å². The van der Waals surface area contributed by atoms with Crippen molar-refractivity contribution in [2.24, 2.45) is 0 Å². The summed E-state index contributed by atoms with van der Waals surface area (Å²) in [6.45, 7) is 2.80. The van der Waals surface area contributed by atoms with Gasteiger partial charge in [0.15, 0.2) is 0 Å². The Bertz CT molecular complexity index is 309. The molecule has 0 saturated carbocycles. The Labute approximate surface area is 99.6 Å². The lowest BCUT2D eigenvalue weighted by molar-refractivity contribution is 0.200. The molecule has 15 heavy (non-hydrogen) atoms. The second kappa shape index (κ2) is 7.04. The minimum Gasteiger partial charge on any atom is -0.385 e. The Morgan fingerprint density at radius 2 is 2.27 bits per heavy atom. The molecule has 0 aromatic carbocycles. The Morgan fingerprint density at radius 3 is 2.93 bits per heavy atom. The zero-order chi connectivity index (χ0) is 11.1. The summed E-state index contributed by atoms with van der Waals surface area (Å²) in [5.41, 5.74) is 0. The topological polar surface area (TPSA) is 35.0 Å². The number of ether oxygens (including phenoxy) is 1. The summed E-state index contributed by atoms with van der Waals surface area (Å²) in [6.07, 6.45) is 1.83. The molecule has 1 aromatic heterocycles. The quantitative estimate of drug-likeness (QED) is 0.439. The van der Waals surface area contributed by atoms with Gasteiger partial charge in [-0.3, -0.25) is 0 Å². The monoisotopic (exact) mass is 246 g/mol. The van der Waals surface area contributed by atoms with Crippen LogP contribution in [0, 0.1) is 0 Å². The van der Waals surface area contributed by atoms with Crippen molar-refractivity contribution in [1.29, 1.82) is 0 Å². The molecule has 1 aromatic rings. The average molecular weight is 247 g/mol. The van der Waals surface area contributed by atoms with E-state index < -0.39 is 0 Å². The van der Waals surface area contributed by atoms with Crippen molar-refractivity contribution in [3.05, 3.63) is 17.0 Å². The number of halogens is 1. The number of hydrogen-bond donors (Lipinski definition) is 0. The fraction of sp³-hybridized carbons (Fsp3) is 0.600. The number of hydrogen-bond acceptors (Lipinski definition) is 4. The lowest BCUT2D eigenvalue weighted by Gasteiger charge is -2.03. The van der Waals surface area contributed by atoms with Crippen molar-refractivity contribution in [1.82, 2.24) is 9.97 Å². The van der Waals surface area contributed by atoms with Crippen molar-refractivity contribution in [2.75, 3.05) is 19.5 Å². The van der Waals surface area contributed by atoms with Gasteiger partial charge >= 0.3 is 0 Å². The Balaban J connectivity index is 2.49. The second-order valence-corrected chi connectivity index (χ2v) is 4.50. The van der Waals surface area contributed by atoms with E-state index in [0.29, 0.717) is 5.15 Å². The molecule has 1 rings (SSSR count). The highest BCUT2D eigenvalue weighted by Crippen LogP contribution is 2.19. The van der Waals surface area contributed by atoms with Gasteiger partial charge in [-0.2, -0.15) is 0 Å². The van der Waals surface area contributed by atoms with Gasteiger partial charge in [-0.15, -0.1) is 11.8 Å². The van der Waals surface area contributed by atoms with Crippen molar-refractivity contribution >= 4 is 23.4 Å². The van der Waals surface area contributed by atoms with Crippen LogP contribution < -0.4 is 0 Å². The molecule has 0 fully saturated rings. The molecule has 0 unspecified atom stereocenters. The third kappa shape index (κ3) is 4.82.